The summed E-state index contributed by atoms with van der Waals surface area (Å²) in [6, 6.07) is 12.4. The summed E-state index contributed by atoms with van der Waals surface area (Å²) in [6.07, 6.45) is 4.83. The van der Waals surface area contributed by atoms with E-state index in [1.54, 1.807) is 42.9 Å². The number of aromatic nitrogens is 5. The summed E-state index contributed by atoms with van der Waals surface area (Å²) in [5.74, 6) is -0.0573. The van der Waals surface area contributed by atoms with Crippen molar-refractivity contribution in [2.24, 2.45) is 0 Å². The molecule has 4 aromatic heterocycles. The summed E-state index contributed by atoms with van der Waals surface area (Å²) in [5.41, 5.74) is 2.76. The third-order valence-corrected chi connectivity index (χ3v) is 4.14. The first-order valence-electron chi connectivity index (χ1n) is 8.31. The van der Waals surface area contributed by atoms with Gasteiger partial charge in [0.2, 0.25) is 0 Å². The Morgan fingerprint density at radius 2 is 1.56 bits per heavy atom. The quantitative estimate of drug-likeness (QED) is 0.169. The Morgan fingerprint density at radius 3 is 2.03 bits per heavy atom. The molecule has 0 aliphatic heterocycles. The molecule has 0 aliphatic carbocycles. The van der Waals surface area contributed by atoms with Crippen LogP contribution < -0.4 is 17.0 Å². The van der Waals surface area contributed by atoms with Crippen LogP contribution in [0.25, 0.3) is 11.0 Å². The molecule has 4 rings (SSSR count). The molecule has 0 saturated heterocycles. The van der Waals surface area contributed by atoms with Gasteiger partial charge in [0.15, 0.2) is 11.4 Å². The average Bonchev–Trinajstić information content (AvgIpc) is 3.11. The summed E-state index contributed by atoms with van der Waals surface area (Å²) in [4.78, 5) is 22.2. The fraction of sp³-hybridized carbons (Fsp3) is 0.0952. The summed E-state index contributed by atoms with van der Waals surface area (Å²) < 4.78 is 0. The zero-order valence-corrected chi connectivity index (χ0v) is 22.2. The predicted molar refractivity (Wildman–Crippen MR) is 124 cm³/mol. The molecule has 0 amide bonds. The van der Waals surface area contributed by atoms with Crippen LogP contribution in [0.1, 0.15) is 28.5 Å². The van der Waals surface area contributed by atoms with Crippen LogP contribution >= 0.6 is 23.2 Å². The van der Waals surface area contributed by atoms with Crippen LogP contribution in [-0.2, 0) is 0 Å². The van der Waals surface area contributed by atoms with Gasteiger partial charge in [-0.3, -0.25) is 9.89 Å². The van der Waals surface area contributed by atoms with Gasteiger partial charge in [0.1, 0.15) is 16.4 Å². The molecule has 162 valence electrons. The molecule has 4 aromatic rings. The number of fused-ring (bicyclic) bond motifs is 1. The van der Waals surface area contributed by atoms with Crippen LogP contribution in [0.3, 0.4) is 0 Å². The van der Waals surface area contributed by atoms with E-state index >= 15 is 0 Å². The average molecular weight is 547 g/mol. The Labute approximate surface area is 223 Å². The Morgan fingerprint density at radius 1 is 1.00 bits per heavy atom. The van der Waals surface area contributed by atoms with Gasteiger partial charge in [-0.1, -0.05) is 23.2 Å². The first-order valence-corrected chi connectivity index (χ1v) is 9.07. The molecule has 1 N–H and O–H groups in total. The van der Waals surface area contributed by atoms with Crippen LogP contribution in [0.15, 0.2) is 55.0 Å². The normalized spacial score (nSPS) is 8.59. The molecule has 0 unspecified atom stereocenters. The van der Waals surface area contributed by atoms with Crippen LogP contribution in [0.5, 0.6) is 0 Å². The predicted octanol–water partition coefficient (Wildman–Crippen LogP) is 1.88. The molecule has 11 heteroatoms. The fourth-order valence-corrected chi connectivity index (χ4v) is 2.51. The Kier molecular flexibility index (Phi) is 16.6. The van der Waals surface area contributed by atoms with E-state index in [0.717, 1.165) is 16.7 Å². The van der Waals surface area contributed by atoms with Gasteiger partial charge in [0.05, 0.1) is 11.1 Å². The van der Waals surface area contributed by atoms with E-state index in [-0.39, 0.29) is 63.6 Å². The van der Waals surface area contributed by atoms with Crippen molar-refractivity contribution < 1.29 is 21.8 Å². The van der Waals surface area contributed by atoms with Gasteiger partial charge in [0.25, 0.3) is 0 Å². The van der Waals surface area contributed by atoms with Crippen LogP contribution in [0.4, 0.5) is 0 Å². The van der Waals surface area contributed by atoms with E-state index in [1.165, 1.54) is 6.92 Å². The number of rotatable bonds is 1. The van der Waals surface area contributed by atoms with Gasteiger partial charge < -0.3 is 24.4 Å². The van der Waals surface area contributed by atoms with E-state index in [4.69, 9.17) is 28.5 Å². The van der Waals surface area contributed by atoms with Gasteiger partial charge >= 0.3 is 23.1 Å². The van der Waals surface area contributed by atoms with Crippen LogP contribution in [-0.4, -0.2) is 54.0 Å². The summed E-state index contributed by atoms with van der Waals surface area (Å²) in [5, 5.41) is 16.8. The van der Waals surface area contributed by atoms with Crippen LogP contribution in [0.2, 0.25) is 10.3 Å². The maximum absolute atomic E-state index is 10.7. The molecule has 0 bridgehead atoms. The molecular weight excluding hydrogens is 527 g/mol. The minimum Gasteiger partial charge on any atom is -1.00 e. The van der Waals surface area contributed by atoms with Gasteiger partial charge in [-0.05, 0) is 50.2 Å². The number of halogens is 3. The maximum Gasteiger partial charge on any atom is 2.00 e. The van der Waals surface area contributed by atoms with E-state index in [2.05, 4.69) is 25.1 Å². The maximum atomic E-state index is 10.7. The number of carbonyl (C=O) groups is 1. The first kappa shape index (κ1) is 32.1. The number of pyridine rings is 3. The zero-order chi connectivity index (χ0) is 21.2. The fourth-order valence-electron chi connectivity index (χ4n) is 2.09. The molecule has 0 fully saturated rings. The number of aromatic amines is 1. The number of nitriles is 1. The molecule has 0 aliphatic rings. The minimum absolute atomic E-state index is 0. The molecule has 4 heterocycles. The molecule has 32 heavy (non-hydrogen) atoms. The monoisotopic (exact) mass is 544 g/mol. The number of Topliss-reactive ketones (excluding diaryl/α,β-unsaturated/α-hetero) is 1. The number of H-pyrrole nitrogens is 1. The van der Waals surface area contributed by atoms with E-state index in [9.17, 15) is 4.79 Å². The van der Waals surface area contributed by atoms with Crippen molar-refractivity contribution in [3.63, 3.8) is 0 Å². The molecule has 0 saturated carbocycles. The van der Waals surface area contributed by atoms with E-state index < -0.39 is 0 Å². The number of carbonyl (C=O) groups excluding carboxylic acids is 1. The standard InChI is InChI=1S/C7H6ClNO.C7H7N3.C6H3ClN2.CH3.BrH.Mg/c1-5(10)6-3-2-4-9-7(6)8;1-5-6-3-2-4-8-7(6)10-9-5;7-6-5(4-8)2-1-3-9-6;;;/h2-4H,1H3;2-4H,1H3,(H,8,9,10);1-3H;1H3;1H;/q;;;-1;;+2/p-1. The molecule has 7 nitrogen and oxygen atoms in total. The molecule has 0 spiro atoms. The van der Waals surface area contributed by atoms with Gasteiger partial charge in [-0.15, -0.1) is 0 Å². The SMILES string of the molecule is CC(=O)c1cccnc1Cl.Cc1[nH]nc2ncccc12.N#Cc1cccnc1Cl.[Br-].[CH3-].[Mg+2]. The zero-order valence-electron chi connectivity index (χ0n) is 17.7. The first-order chi connectivity index (χ1) is 13.9. The number of nitrogens with zero attached hydrogens (tertiary/aromatic N) is 5. The second-order valence-electron chi connectivity index (χ2n) is 5.57. The molecule has 0 atom stereocenters. The molecular formula is C21H19BrCl2MgN6O. The van der Waals surface area contributed by atoms with Gasteiger partial charge in [-0.2, -0.15) is 10.4 Å². The third-order valence-electron chi connectivity index (χ3n) is 3.54. The largest absolute Gasteiger partial charge is 2.00 e. The van der Waals surface area contributed by atoms with Crippen molar-refractivity contribution in [2.75, 3.05) is 0 Å². The van der Waals surface area contributed by atoms with Crippen molar-refractivity contribution in [1.29, 1.82) is 5.26 Å². The van der Waals surface area contributed by atoms with Gasteiger partial charge in [-0.25, -0.2) is 15.0 Å². The summed E-state index contributed by atoms with van der Waals surface area (Å²) in [7, 11) is 0. The number of hydrogen-bond acceptors (Lipinski definition) is 6. The van der Waals surface area contributed by atoms with Crippen molar-refractivity contribution in [3.05, 3.63) is 89.5 Å². The number of aryl methyl sites for hydroxylation is 1. The second kappa shape index (κ2) is 16.5. The number of ketones is 1. The topological polar surface area (TPSA) is 108 Å². The minimum atomic E-state index is -0.0573. The Hall–Kier alpha value is -2.09. The van der Waals surface area contributed by atoms with Gasteiger partial charge in [0, 0.05) is 29.7 Å². The summed E-state index contributed by atoms with van der Waals surface area (Å²) in [6.45, 7) is 3.44. The Bertz CT molecular complexity index is 1170. The van der Waals surface area contributed by atoms with Crippen molar-refractivity contribution in [2.45, 2.75) is 13.8 Å². The van der Waals surface area contributed by atoms with E-state index in [0.29, 0.717) is 11.1 Å². The molecule has 0 aromatic carbocycles. The second-order valence-corrected chi connectivity index (χ2v) is 6.29. The van der Waals surface area contributed by atoms with Crippen molar-refractivity contribution >= 4 is 63.1 Å². The third kappa shape index (κ3) is 9.59. The summed E-state index contributed by atoms with van der Waals surface area (Å²) >= 11 is 11.1. The van der Waals surface area contributed by atoms with Crippen LogP contribution in [0, 0.1) is 25.7 Å². The van der Waals surface area contributed by atoms with E-state index in [1.807, 2.05) is 25.1 Å². The smallest absolute Gasteiger partial charge is 1.00 e. The number of nitrogens with one attached hydrogen (secondary N) is 1. The van der Waals surface area contributed by atoms with Crippen molar-refractivity contribution in [1.82, 2.24) is 25.1 Å². The molecule has 0 radical (unpaired) electrons. The van der Waals surface area contributed by atoms with Crippen molar-refractivity contribution in [3.8, 4) is 6.07 Å². The Balaban J connectivity index is 0. The number of hydrogen-bond donors (Lipinski definition) is 1.